The van der Waals surface area contributed by atoms with Gasteiger partial charge in [-0.2, -0.15) is 0 Å². The molecule has 10 nitrogen and oxygen atoms in total. The molecule has 1 aliphatic heterocycles. The Morgan fingerprint density at radius 1 is 0.816 bits per heavy atom. The fraction of sp³-hybridized carbons (Fsp3) is 0.111. The number of imide groups is 1. The Bertz CT molecular complexity index is 1450. The molecule has 0 unspecified atom stereocenters. The summed E-state index contributed by atoms with van der Waals surface area (Å²) in [6.45, 7) is 0. The zero-order valence-electron chi connectivity index (χ0n) is 20.5. The van der Waals surface area contributed by atoms with Crippen LogP contribution in [0.4, 0.5) is 17.1 Å². The van der Waals surface area contributed by atoms with E-state index in [4.69, 9.17) is 21.1 Å². The minimum atomic E-state index is -0.713. The lowest BCUT2D eigenvalue weighted by Crippen LogP contribution is -2.32. The lowest BCUT2D eigenvalue weighted by Gasteiger charge is -2.15. The third-order valence-corrected chi connectivity index (χ3v) is 6.00. The SMILES string of the molecule is COC(=O)c1ccc(N2C(=O)C(Cl)=C(Nc3ccc(C(=O)Nc4ccc(OC)cc4OC)cc3)C2=O)cc1. The number of amides is 3. The number of benzene rings is 3. The molecule has 0 aliphatic carbocycles. The quantitative estimate of drug-likeness (QED) is 0.325. The van der Waals surface area contributed by atoms with Crippen molar-refractivity contribution in [1.29, 1.82) is 0 Å². The largest absolute Gasteiger partial charge is 0.497 e. The summed E-state index contributed by atoms with van der Waals surface area (Å²) in [5, 5.41) is 5.34. The zero-order valence-corrected chi connectivity index (χ0v) is 21.3. The van der Waals surface area contributed by atoms with E-state index in [0.29, 0.717) is 28.4 Å². The highest BCUT2D eigenvalue weighted by Crippen LogP contribution is 2.31. The maximum atomic E-state index is 13.0. The smallest absolute Gasteiger partial charge is 0.337 e. The van der Waals surface area contributed by atoms with Crippen LogP contribution in [0, 0.1) is 0 Å². The number of hydrogen-bond acceptors (Lipinski definition) is 8. The van der Waals surface area contributed by atoms with Crippen LogP contribution in [0.5, 0.6) is 11.5 Å². The molecule has 1 heterocycles. The van der Waals surface area contributed by atoms with Crippen molar-refractivity contribution in [2.45, 2.75) is 0 Å². The molecule has 38 heavy (non-hydrogen) atoms. The number of halogens is 1. The Morgan fingerprint density at radius 3 is 2.08 bits per heavy atom. The van der Waals surface area contributed by atoms with Crippen LogP contribution in [-0.2, 0) is 14.3 Å². The van der Waals surface area contributed by atoms with Crippen molar-refractivity contribution in [3.8, 4) is 11.5 Å². The van der Waals surface area contributed by atoms with Gasteiger partial charge in [0, 0.05) is 17.3 Å². The Morgan fingerprint density at radius 2 is 1.47 bits per heavy atom. The van der Waals surface area contributed by atoms with Gasteiger partial charge in [0.25, 0.3) is 17.7 Å². The second-order valence-corrected chi connectivity index (χ2v) is 8.27. The van der Waals surface area contributed by atoms with Gasteiger partial charge in [-0.25, -0.2) is 9.69 Å². The van der Waals surface area contributed by atoms with Crippen molar-refractivity contribution in [3.63, 3.8) is 0 Å². The maximum Gasteiger partial charge on any atom is 0.337 e. The summed E-state index contributed by atoms with van der Waals surface area (Å²) in [6.07, 6.45) is 0. The number of nitrogens with one attached hydrogen (secondary N) is 2. The molecule has 0 atom stereocenters. The van der Waals surface area contributed by atoms with E-state index in [1.54, 1.807) is 42.5 Å². The number of methoxy groups -OCH3 is 3. The van der Waals surface area contributed by atoms with Crippen molar-refractivity contribution < 1.29 is 33.4 Å². The third kappa shape index (κ3) is 5.16. The molecule has 0 bridgehead atoms. The molecule has 2 N–H and O–H groups in total. The van der Waals surface area contributed by atoms with Crippen LogP contribution in [0.1, 0.15) is 20.7 Å². The highest BCUT2D eigenvalue weighted by Gasteiger charge is 2.39. The summed E-state index contributed by atoms with van der Waals surface area (Å²) in [7, 11) is 4.27. The number of nitrogens with zero attached hydrogens (tertiary/aromatic N) is 1. The fourth-order valence-electron chi connectivity index (χ4n) is 3.66. The summed E-state index contributed by atoms with van der Waals surface area (Å²) in [4.78, 5) is 51.0. The first-order valence-corrected chi connectivity index (χ1v) is 11.5. The van der Waals surface area contributed by atoms with E-state index in [2.05, 4.69) is 15.4 Å². The van der Waals surface area contributed by atoms with E-state index in [9.17, 15) is 19.2 Å². The summed E-state index contributed by atoms with van der Waals surface area (Å²) in [5.41, 5.74) is 1.63. The predicted molar refractivity (Wildman–Crippen MR) is 141 cm³/mol. The molecule has 0 saturated carbocycles. The van der Waals surface area contributed by atoms with Crippen LogP contribution >= 0.6 is 11.6 Å². The van der Waals surface area contributed by atoms with Crippen LogP contribution < -0.4 is 25.0 Å². The number of carbonyl (C=O) groups is 4. The van der Waals surface area contributed by atoms with Gasteiger partial charge in [-0.05, 0) is 60.7 Å². The van der Waals surface area contributed by atoms with Gasteiger partial charge < -0.3 is 24.8 Å². The third-order valence-electron chi connectivity index (χ3n) is 5.65. The van der Waals surface area contributed by atoms with Crippen LogP contribution in [0.15, 0.2) is 77.5 Å². The van der Waals surface area contributed by atoms with Crippen molar-refractivity contribution in [2.75, 3.05) is 36.9 Å². The molecule has 0 fully saturated rings. The number of hydrogen-bond donors (Lipinski definition) is 2. The predicted octanol–water partition coefficient (Wildman–Crippen LogP) is 4.18. The van der Waals surface area contributed by atoms with Gasteiger partial charge in [0.1, 0.15) is 22.2 Å². The highest BCUT2D eigenvalue weighted by atomic mass is 35.5. The van der Waals surface area contributed by atoms with Crippen molar-refractivity contribution >= 4 is 52.4 Å². The molecule has 4 rings (SSSR count). The van der Waals surface area contributed by atoms with Crippen LogP contribution in [0.25, 0.3) is 0 Å². The minimum absolute atomic E-state index is 0.117. The lowest BCUT2D eigenvalue weighted by atomic mass is 10.1. The van der Waals surface area contributed by atoms with Gasteiger partial charge in [-0.3, -0.25) is 14.4 Å². The Balaban J connectivity index is 1.46. The lowest BCUT2D eigenvalue weighted by molar-refractivity contribution is -0.120. The number of ether oxygens (including phenoxy) is 3. The Kier molecular flexibility index (Phi) is 7.63. The highest BCUT2D eigenvalue weighted by molar-refractivity contribution is 6.53. The fourth-order valence-corrected chi connectivity index (χ4v) is 3.87. The first-order chi connectivity index (χ1) is 18.3. The summed E-state index contributed by atoms with van der Waals surface area (Å²) in [5.74, 6) is -1.29. The molecule has 0 saturated heterocycles. The zero-order chi connectivity index (χ0) is 27.4. The number of esters is 1. The van der Waals surface area contributed by atoms with E-state index in [1.165, 1.54) is 45.6 Å². The molecule has 194 valence electrons. The van der Waals surface area contributed by atoms with Crippen molar-refractivity contribution in [3.05, 3.63) is 88.6 Å². The molecule has 11 heteroatoms. The average Bonchev–Trinajstić information content (AvgIpc) is 3.15. The molecular weight excluding hydrogens is 514 g/mol. The number of rotatable bonds is 8. The van der Waals surface area contributed by atoms with E-state index in [-0.39, 0.29) is 27.9 Å². The topological polar surface area (TPSA) is 123 Å². The van der Waals surface area contributed by atoms with Crippen LogP contribution in [0.2, 0.25) is 0 Å². The number of carbonyl (C=O) groups excluding carboxylic acids is 4. The average molecular weight is 536 g/mol. The van der Waals surface area contributed by atoms with Gasteiger partial charge in [0.15, 0.2) is 0 Å². The Labute approximate surface area is 222 Å². The molecule has 0 spiro atoms. The van der Waals surface area contributed by atoms with E-state index < -0.39 is 17.8 Å². The summed E-state index contributed by atoms with van der Waals surface area (Å²) < 4.78 is 15.1. The molecule has 3 amide bonds. The van der Waals surface area contributed by atoms with Gasteiger partial charge in [0.05, 0.1) is 38.3 Å². The molecule has 3 aromatic rings. The first-order valence-electron chi connectivity index (χ1n) is 11.1. The second-order valence-electron chi connectivity index (χ2n) is 7.90. The normalized spacial score (nSPS) is 12.9. The molecular formula is C27H22ClN3O7. The van der Waals surface area contributed by atoms with E-state index >= 15 is 0 Å². The monoisotopic (exact) mass is 535 g/mol. The van der Waals surface area contributed by atoms with E-state index in [0.717, 1.165) is 4.90 Å². The van der Waals surface area contributed by atoms with Gasteiger partial charge in [-0.1, -0.05) is 11.6 Å². The van der Waals surface area contributed by atoms with Gasteiger partial charge in [0.2, 0.25) is 0 Å². The van der Waals surface area contributed by atoms with Gasteiger partial charge >= 0.3 is 5.97 Å². The number of anilines is 3. The minimum Gasteiger partial charge on any atom is -0.497 e. The molecule has 3 aromatic carbocycles. The maximum absolute atomic E-state index is 13.0. The van der Waals surface area contributed by atoms with Crippen LogP contribution in [-0.4, -0.2) is 45.0 Å². The standard InChI is InChI=1S/C27H22ClN3O7/c1-36-19-12-13-20(21(14-19)37-2)30-24(32)15-4-8-17(9-5-15)29-23-22(28)25(33)31(26(23)34)18-10-6-16(7-11-18)27(35)38-3/h4-14,29H,1-3H3,(H,30,32). The molecule has 0 aromatic heterocycles. The first kappa shape index (κ1) is 26.2. The van der Waals surface area contributed by atoms with Crippen molar-refractivity contribution in [2.24, 2.45) is 0 Å². The van der Waals surface area contributed by atoms with Crippen LogP contribution in [0.3, 0.4) is 0 Å². The summed E-state index contributed by atoms with van der Waals surface area (Å²) in [6, 6.07) is 17.0. The second kappa shape index (κ2) is 11.1. The summed E-state index contributed by atoms with van der Waals surface area (Å²) >= 11 is 6.19. The van der Waals surface area contributed by atoms with E-state index in [1.807, 2.05) is 0 Å². The molecule has 0 radical (unpaired) electrons. The van der Waals surface area contributed by atoms with Crippen molar-refractivity contribution in [1.82, 2.24) is 0 Å². The Hall–Kier alpha value is -4.83. The van der Waals surface area contributed by atoms with Gasteiger partial charge in [-0.15, -0.1) is 0 Å². The molecule has 1 aliphatic rings.